The molecule has 2 fully saturated rings. The van der Waals surface area contributed by atoms with Crippen molar-refractivity contribution >= 4 is 0 Å². The van der Waals surface area contributed by atoms with Gasteiger partial charge in [-0.25, -0.2) is 0 Å². The lowest BCUT2D eigenvalue weighted by molar-refractivity contribution is 0.291. The van der Waals surface area contributed by atoms with Gasteiger partial charge in [-0.1, -0.05) is 20.8 Å². The van der Waals surface area contributed by atoms with E-state index in [4.69, 9.17) is 0 Å². The van der Waals surface area contributed by atoms with Crippen LogP contribution in [0.15, 0.2) is 0 Å². The molecule has 0 aromatic carbocycles. The SMILES string of the molecule is CC1CCC(NC(C)C2(C)CC2)C1C. The Hall–Kier alpha value is -0.0400. The third-order valence-corrected chi connectivity index (χ3v) is 5.01. The van der Waals surface area contributed by atoms with Gasteiger partial charge in [-0.15, -0.1) is 0 Å². The Balaban J connectivity index is 1.85. The molecule has 14 heavy (non-hydrogen) atoms. The Kier molecular flexibility index (Phi) is 2.63. The first-order valence-electron chi connectivity index (χ1n) is 6.29. The summed E-state index contributed by atoms with van der Waals surface area (Å²) >= 11 is 0. The van der Waals surface area contributed by atoms with Crippen molar-refractivity contribution in [3.63, 3.8) is 0 Å². The topological polar surface area (TPSA) is 12.0 Å². The molecule has 1 nitrogen and oxygen atoms in total. The van der Waals surface area contributed by atoms with Crippen LogP contribution in [0, 0.1) is 17.3 Å². The first-order valence-corrected chi connectivity index (χ1v) is 6.29. The molecule has 0 radical (unpaired) electrons. The lowest BCUT2D eigenvalue weighted by Gasteiger charge is -2.28. The van der Waals surface area contributed by atoms with Crippen LogP contribution in [-0.2, 0) is 0 Å². The van der Waals surface area contributed by atoms with E-state index in [0.29, 0.717) is 5.41 Å². The summed E-state index contributed by atoms with van der Waals surface area (Å²) in [7, 11) is 0. The van der Waals surface area contributed by atoms with Crippen LogP contribution in [0.5, 0.6) is 0 Å². The van der Waals surface area contributed by atoms with Gasteiger partial charge in [0, 0.05) is 12.1 Å². The van der Waals surface area contributed by atoms with Gasteiger partial charge in [0.1, 0.15) is 0 Å². The van der Waals surface area contributed by atoms with Gasteiger partial charge in [0.2, 0.25) is 0 Å². The van der Waals surface area contributed by atoms with Crippen molar-refractivity contribution in [3.8, 4) is 0 Å². The van der Waals surface area contributed by atoms with Gasteiger partial charge in [0.25, 0.3) is 0 Å². The van der Waals surface area contributed by atoms with Crippen LogP contribution in [0.2, 0.25) is 0 Å². The van der Waals surface area contributed by atoms with Crippen LogP contribution >= 0.6 is 0 Å². The smallest absolute Gasteiger partial charge is 0.00980 e. The van der Waals surface area contributed by atoms with Crippen molar-refractivity contribution < 1.29 is 0 Å². The molecule has 1 heteroatoms. The van der Waals surface area contributed by atoms with E-state index in [1.165, 1.54) is 25.7 Å². The molecular formula is C13H25N. The Bertz CT molecular complexity index is 207. The van der Waals surface area contributed by atoms with Gasteiger partial charge in [-0.2, -0.15) is 0 Å². The van der Waals surface area contributed by atoms with Gasteiger partial charge in [-0.3, -0.25) is 0 Å². The molecule has 0 aromatic heterocycles. The van der Waals surface area contributed by atoms with E-state index in [2.05, 4.69) is 33.0 Å². The summed E-state index contributed by atoms with van der Waals surface area (Å²) in [4.78, 5) is 0. The van der Waals surface area contributed by atoms with Crippen LogP contribution in [0.1, 0.15) is 53.4 Å². The van der Waals surface area contributed by atoms with Crippen LogP contribution in [-0.4, -0.2) is 12.1 Å². The van der Waals surface area contributed by atoms with Crippen molar-refractivity contribution in [1.29, 1.82) is 0 Å². The second-order valence-electron chi connectivity index (χ2n) is 6.06. The molecule has 2 saturated carbocycles. The van der Waals surface area contributed by atoms with Crippen LogP contribution in [0.4, 0.5) is 0 Å². The largest absolute Gasteiger partial charge is 0.311 e. The fraction of sp³-hybridized carbons (Fsp3) is 1.00. The Morgan fingerprint density at radius 1 is 1.21 bits per heavy atom. The van der Waals surface area contributed by atoms with E-state index in [-0.39, 0.29) is 0 Å². The molecule has 0 heterocycles. The molecule has 0 aliphatic heterocycles. The standard InChI is InChI=1S/C13H25N/c1-9-5-6-12(10(9)2)14-11(3)13(4)7-8-13/h9-12,14H,5-8H2,1-4H3. The minimum absolute atomic E-state index is 0.631. The summed E-state index contributed by atoms with van der Waals surface area (Å²) in [5.74, 6) is 1.80. The first-order chi connectivity index (χ1) is 6.53. The quantitative estimate of drug-likeness (QED) is 0.729. The van der Waals surface area contributed by atoms with Crippen molar-refractivity contribution in [2.75, 3.05) is 0 Å². The van der Waals surface area contributed by atoms with Crippen LogP contribution < -0.4 is 5.32 Å². The third-order valence-electron chi connectivity index (χ3n) is 5.01. The molecule has 0 aromatic rings. The summed E-state index contributed by atoms with van der Waals surface area (Å²) in [5, 5.41) is 3.86. The van der Waals surface area contributed by atoms with Gasteiger partial charge in [0.05, 0.1) is 0 Å². The second-order valence-corrected chi connectivity index (χ2v) is 6.06. The lowest BCUT2D eigenvalue weighted by Crippen LogP contribution is -2.42. The predicted molar refractivity (Wildman–Crippen MR) is 61.3 cm³/mol. The summed E-state index contributed by atoms with van der Waals surface area (Å²) in [6.45, 7) is 9.61. The Morgan fingerprint density at radius 2 is 1.86 bits per heavy atom. The summed E-state index contributed by atoms with van der Waals surface area (Å²) in [6.07, 6.45) is 5.67. The molecule has 0 spiro atoms. The molecule has 0 amide bonds. The van der Waals surface area contributed by atoms with Gasteiger partial charge >= 0.3 is 0 Å². The predicted octanol–water partition coefficient (Wildman–Crippen LogP) is 3.20. The summed E-state index contributed by atoms with van der Waals surface area (Å²) < 4.78 is 0. The number of hydrogen-bond donors (Lipinski definition) is 1. The first kappa shape index (κ1) is 10.5. The zero-order valence-corrected chi connectivity index (χ0v) is 10.1. The number of hydrogen-bond acceptors (Lipinski definition) is 1. The second kappa shape index (κ2) is 3.52. The Labute approximate surface area is 88.7 Å². The highest BCUT2D eigenvalue weighted by Crippen LogP contribution is 2.48. The van der Waals surface area contributed by atoms with Crippen molar-refractivity contribution in [2.24, 2.45) is 17.3 Å². The number of nitrogens with one attached hydrogen (secondary N) is 1. The molecule has 1 N–H and O–H groups in total. The molecule has 2 aliphatic carbocycles. The molecule has 4 atom stereocenters. The van der Waals surface area contributed by atoms with Gasteiger partial charge in [-0.05, 0) is 49.9 Å². The van der Waals surface area contributed by atoms with Gasteiger partial charge < -0.3 is 5.32 Å². The van der Waals surface area contributed by atoms with E-state index < -0.39 is 0 Å². The van der Waals surface area contributed by atoms with Crippen LogP contribution in [0.25, 0.3) is 0 Å². The molecule has 0 saturated heterocycles. The van der Waals surface area contributed by atoms with E-state index in [1.807, 2.05) is 0 Å². The van der Waals surface area contributed by atoms with Crippen molar-refractivity contribution in [3.05, 3.63) is 0 Å². The fourth-order valence-corrected chi connectivity index (χ4v) is 2.75. The van der Waals surface area contributed by atoms with Gasteiger partial charge in [0.15, 0.2) is 0 Å². The maximum absolute atomic E-state index is 3.86. The zero-order valence-electron chi connectivity index (χ0n) is 10.1. The zero-order chi connectivity index (χ0) is 10.3. The third kappa shape index (κ3) is 1.84. The molecule has 2 rings (SSSR count). The van der Waals surface area contributed by atoms with E-state index in [9.17, 15) is 0 Å². The average molecular weight is 195 g/mol. The molecule has 2 aliphatic rings. The molecular weight excluding hydrogens is 170 g/mol. The highest BCUT2D eigenvalue weighted by Gasteiger charge is 2.44. The maximum atomic E-state index is 3.86. The summed E-state index contributed by atoms with van der Waals surface area (Å²) in [5.41, 5.74) is 0.631. The fourth-order valence-electron chi connectivity index (χ4n) is 2.75. The highest BCUT2D eigenvalue weighted by atomic mass is 15.0. The van der Waals surface area contributed by atoms with Crippen molar-refractivity contribution in [1.82, 2.24) is 5.32 Å². The van der Waals surface area contributed by atoms with E-state index in [1.54, 1.807) is 0 Å². The summed E-state index contributed by atoms with van der Waals surface area (Å²) in [6, 6.07) is 1.51. The monoisotopic (exact) mass is 195 g/mol. The molecule has 4 unspecified atom stereocenters. The minimum Gasteiger partial charge on any atom is -0.311 e. The van der Waals surface area contributed by atoms with E-state index >= 15 is 0 Å². The minimum atomic E-state index is 0.631. The lowest BCUT2D eigenvalue weighted by atomic mass is 9.94. The van der Waals surface area contributed by atoms with Crippen LogP contribution in [0.3, 0.4) is 0 Å². The number of rotatable bonds is 3. The normalized spacial score (nSPS) is 42.4. The Morgan fingerprint density at radius 3 is 2.29 bits per heavy atom. The van der Waals surface area contributed by atoms with E-state index in [0.717, 1.165) is 23.9 Å². The molecule has 82 valence electrons. The molecule has 0 bridgehead atoms. The average Bonchev–Trinajstić information content (AvgIpc) is 2.83. The highest BCUT2D eigenvalue weighted by molar-refractivity contribution is 4.99. The maximum Gasteiger partial charge on any atom is 0.00980 e. The van der Waals surface area contributed by atoms with Crippen molar-refractivity contribution in [2.45, 2.75) is 65.5 Å².